The third-order valence-corrected chi connectivity index (χ3v) is 6.10. The minimum atomic E-state index is -0.496. The highest BCUT2D eigenvalue weighted by molar-refractivity contribution is 5.03. The summed E-state index contributed by atoms with van der Waals surface area (Å²) in [7, 11) is 0. The van der Waals surface area contributed by atoms with Gasteiger partial charge in [-0.1, -0.05) is 38.3 Å². The topological polar surface area (TPSA) is 40.5 Å². The van der Waals surface area contributed by atoms with Crippen molar-refractivity contribution in [3.05, 3.63) is 12.2 Å². The molecule has 0 spiro atoms. The van der Waals surface area contributed by atoms with Crippen LogP contribution in [0.5, 0.6) is 0 Å². The Hall–Kier alpha value is -0.340. The predicted octanol–water partition coefficient (Wildman–Crippen LogP) is 5.23. The normalized spacial score (nSPS) is 36.0. The average molecular weight is 323 g/mol. The van der Waals surface area contributed by atoms with Crippen molar-refractivity contribution in [1.82, 2.24) is 0 Å². The van der Waals surface area contributed by atoms with E-state index in [1.165, 1.54) is 32.1 Å². The number of hydrogen-bond acceptors (Lipinski definition) is 2. The van der Waals surface area contributed by atoms with Crippen molar-refractivity contribution >= 4 is 0 Å². The second kappa shape index (κ2) is 8.16. The van der Waals surface area contributed by atoms with Gasteiger partial charge in [0.15, 0.2) is 0 Å². The van der Waals surface area contributed by atoms with Crippen LogP contribution in [-0.4, -0.2) is 21.9 Å². The number of aliphatic hydroxyl groups is 2. The highest BCUT2D eigenvalue weighted by Crippen LogP contribution is 2.40. The fourth-order valence-electron chi connectivity index (χ4n) is 4.34. The van der Waals surface area contributed by atoms with Gasteiger partial charge in [0.1, 0.15) is 0 Å². The fraction of sp³-hybridized carbons (Fsp3) is 0.905. The van der Waals surface area contributed by atoms with Gasteiger partial charge in [-0.15, -0.1) is 0 Å². The monoisotopic (exact) mass is 322 g/mol. The largest absolute Gasteiger partial charge is 0.393 e. The molecule has 134 valence electrons. The second-order valence-electron chi connectivity index (χ2n) is 9.24. The summed E-state index contributed by atoms with van der Waals surface area (Å²) in [5, 5.41) is 19.4. The van der Waals surface area contributed by atoms with Gasteiger partial charge in [0.2, 0.25) is 0 Å². The van der Waals surface area contributed by atoms with E-state index in [4.69, 9.17) is 0 Å². The quantitative estimate of drug-likeness (QED) is 0.497. The Balaban J connectivity index is 1.66. The molecule has 0 saturated heterocycles. The molecule has 0 unspecified atom stereocenters. The number of allylic oxidation sites excluding steroid dienone is 2. The fourth-order valence-corrected chi connectivity index (χ4v) is 4.34. The molecule has 2 saturated carbocycles. The molecule has 0 heterocycles. The molecular weight excluding hydrogens is 284 g/mol. The van der Waals surface area contributed by atoms with E-state index in [2.05, 4.69) is 19.1 Å². The molecule has 0 radical (unpaired) electrons. The Labute approximate surface area is 143 Å². The molecule has 2 N–H and O–H groups in total. The lowest BCUT2D eigenvalue weighted by molar-refractivity contribution is 0.0676. The van der Waals surface area contributed by atoms with Gasteiger partial charge >= 0.3 is 0 Å². The molecule has 2 nitrogen and oxygen atoms in total. The van der Waals surface area contributed by atoms with Crippen LogP contribution in [-0.2, 0) is 0 Å². The first-order valence-electron chi connectivity index (χ1n) is 9.86. The molecule has 2 aliphatic rings. The number of aliphatic hydroxyl groups excluding tert-OH is 1. The van der Waals surface area contributed by atoms with E-state index in [1.54, 1.807) is 0 Å². The summed E-state index contributed by atoms with van der Waals surface area (Å²) < 4.78 is 0. The molecule has 23 heavy (non-hydrogen) atoms. The lowest BCUT2D eigenvalue weighted by atomic mass is 9.74. The van der Waals surface area contributed by atoms with Gasteiger partial charge in [-0.25, -0.2) is 0 Å². The van der Waals surface area contributed by atoms with Crippen molar-refractivity contribution in [2.24, 2.45) is 17.3 Å². The third-order valence-electron chi connectivity index (χ3n) is 6.10. The van der Waals surface area contributed by atoms with E-state index in [1.807, 2.05) is 13.8 Å². The summed E-state index contributed by atoms with van der Waals surface area (Å²) in [4.78, 5) is 0. The van der Waals surface area contributed by atoms with Crippen molar-refractivity contribution in [3.63, 3.8) is 0 Å². The van der Waals surface area contributed by atoms with Crippen LogP contribution in [0.25, 0.3) is 0 Å². The molecule has 2 rings (SSSR count). The highest BCUT2D eigenvalue weighted by Gasteiger charge is 2.29. The van der Waals surface area contributed by atoms with E-state index in [-0.39, 0.29) is 6.10 Å². The van der Waals surface area contributed by atoms with Crippen LogP contribution in [0, 0.1) is 17.3 Å². The summed E-state index contributed by atoms with van der Waals surface area (Å²) >= 11 is 0. The molecule has 0 aliphatic heterocycles. The molecule has 0 amide bonds. The standard InChI is InChI=1S/C21H38O2/c1-20(2,23)12-5-4-6-17-7-8-18(16-17)9-13-21(3)14-10-19(22)11-15-21/h9,13,17-19,22-23H,4-8,10-12,14-16H2,1-3H3/b13-9-/t17-,18-,19?,21?/m0/s1. The Morgan fingerprint density at radius 1 is 1.09 bits per heavy atom. The first-order valence-corrected chi connectivity index (χ1v) is 9.86. The SMILES string of the molecule is CC(C)(O)CCCC[C@H]1CC[C@@H](/C=C\C2(C)CCC(O)CC2)C1. The molecule has 0 aromatic carbocycles. The van der Waals surface area contributed by atoms with Gasteiger partial charge in [-0.05, 0) is 82.5 Å². The van der Waals surface area contributed by atoms with Crippen molar-refractivity contribution in [2.45, 2.75) is 103 Å². The van der Waals surface area contributed by atoms with Crippen molar-refractivity contribution in [2.75, 3.05) is 0 Å². The van der Waals surface area contributed by atoms with E-state index >= 15 is 0 Å². The number of rotatable bonds is 7. The van der Waals surface area contributed by atoms with E-state index in [0.29, 0.717) is 5.41 Å². The Morgan fingerprint density at radius 2 is 1.78 bits per heavy atom. The Morgan fingerprint density at radius 3 is 2.43 bits per heavy atom. The minimum absolute atomic E-state index is 0.0590. The predicted molar refractivity (Wildman–Crippen MR) is 97.3 cm³/mol. The Kier molecular flexibility index (Phi) is 6.74. The van der Waals surface area contributed by atoms with E-state index < -0.39 is 5.60 Å². The average Bonchev–Trinajstić information content (AvgIpc) is 2.92. The van der Waals surface area contributed by atoms with E-state index in [9.17, 15) is 10.2 Å². The summed E-state index contributed by atoms with van der Waals surface area (Å²) in [5.41, 5.74) is -0.173. The molecule has 0 aromatic rings. The molecule has 2 fully saturated rings. The highest BCUT2D eigenvalue weighted by atomic mass is 16.3. The first kappa shape index (κ1) is 19.0. The van der Waals surface area contributed by atoms with Gasteiger partial charge in [-0.2, -0.15) is 0 Å². The molecule has 0 bridgehead atoms. The van der Waals surface area contributed by atoms with Gasteiger partial charge in [-0.3, -0.25) is 0 Å². The van der Waals surface area contributed by atoms with Gasteiger partial charge in [0.05, 0.1) is 11.7 Å². The van der Waals surface area contributed by atoms with Crippen LogP contribution >= 0.6 is 0 Å². The van der Waals surface area contributed by atoms with Crippen molar-refractivity contribution in [1.29, 1.82) is 0 Å². The number of hydrogen-bond donors (Lipinski definition) is 2. The van der Waals surface area contributed by atoms with Crippen LogP contribution in [0.2, 0.25) is 0 Å². The van der Waals surface area contributed by atoms with Gasteiger partial charge < -0.3 is 10.2 Å². The van der Waals surface area contributed by atoms with Crippen molar-refractivity contribution in [3.8, 4) is 0 Å². The first-order chi connectivity index (χ1) is 10.8. The zero-order chi connectivity index (χ0) is 16.9. The molecule has 2 heteroatoms. The summed E-state index contributed by atoms with van der Waals surface area (Å²) in [6.45, 7) is 6.18. The molecule has 2 atom stereocenters. The lowest BCUT2D eigenvalue weighted by Crippen LogP contribution is -2.25. The number of unbranched alkanes of at least 4 members (excludes halogenated alkanes) is 1. The summed E-state index contributed by atoms with van der Waals surface area (Å²) in [5.74, 6) is 1.67. The maximum Gasteiger partial charge on any atom is 0.0591 e. The van der Waals surface area contributed by atoms with Crippen LogP contribution in [0.1, 0.15) is 91.4 Å². The van der Waals surface area contributed by atoms with Gasteiger partial charge in [0, 0.05) is 0 Å². The van der Waals surface area contributed by atoms with Crippen LogP contribution in [0.3, 0.4) is 0 Å². The van der Waals surface area contributed by atoms with Crippen LogP contribution in [0.4, 0.5) is 0 Å². The van der Waals surface area contributed by atoms with Gasteiger partial charge in [0.25, 0.3) is 0 Å². The molecule has 2 aliphatic carbocycles. The van der Waals surface area contributed by atoms with Crippen LogP contribution in [0.15, 0.2) is 12.2 Å². The second-order valence-corrected chi connectivity index (χ2v) is 9.24. The summed E-state index contributed by atoms with van der Waals surface area (Å²) in [6, 6.07) is 0. The smallest absolute Gasteiger partial charge is 0.0591 e. The maximum absolute atomic E-state index is 9.76. The zero-order valence-corrected chi connectivity index (χ0v) is 15.6. The Bertz CT molecular complexity index is 372. The molecular formula is C21H38O2. The molecule has 0 aromatic heterocycles. The van der Waals surface area contributed by atoms with E-state index in [0.717, 1.165) is 50.4 Å². The maximum atomic E-state index is 9.76. The summed E-state index contributed by atoms with van der Waals surface area (Å²) in [6.07, 6.45) is 17.9. The van der Waals surface area contributed by atoms with Crippen LogP contribution < -0.4 is 0 Å². The van der Waals surface area contributed by atoms with Crippen molar-refractivity contribution < 1.29 is 10.2 Å². The lowest BCUT2D eigenvalue weighted by Gasteiger charge is -2.33. The minimum Gasteiger partial charge on any atom is -0.393 e. The third kappa shape index (κ3) is 6.97. The zero-order valence-electron chi connectivity index (χ0n) is 15.6.